The van der Waals surface area contributed by atoms with Gasteiger partial charge in [-0.15, -0.1) is 0 Å². The van der Waals surface area contributed by atoms with Crippen LogP contribution in [0.4, 0.5) is 0 Å². The fourth-order valence-corrected chi connectivity index (χ4v) is 2.37. The number of halogens is 1. The summed E-state index contributed by atoms with van der Waals surface area (Å²) in [6.45, 7) is 0. The fraction of sp³-hybridized carbons (Fsp3) is 0. The lowest BCUT2D eigenvalue weighted by Gasteiger charge is -2.08. The van der Waals surface area contributed by atoms with Crippen LogP contribution in [0.25, 0.3) is 17.1 Å². The highest BCUT2D eigenvalue weighted by Crippen LogP contribution is 2.24. The van der Waals surface area contributed by atoms with Gasteiger partial charge in [0.2, 0.25) is 0 Å². The zero-order valence-electron chi connectivity index (χ0n) is 9.88. The van der Waals surface area contributed by atoms with Crippen LogP contribution in [0.2, 0.25) is 0 Å². The van der Waals surface area contributed by atoms with Crippen LogP contribution in [0.3, 0.4) is 0 Å². The number of aromatic amines is 1. The maximum atomic E-state index is 11.6. The Kier molecular flexibility index (Phi) is 3.05. The van der Waals surface area contributed by atoms with Crippen molar-refractivity contribution in [2.45, 2.75) is 0 Å². The molecule has 94 valence electrons. The second-order valence-corrected chi connectivity index (χ2v) is 4.86. The van der Waals surface area contributed by atoms with E-state index in [9.17, 15) is 4.79 Å². The molecule has 1 aromatic heterocycles. The van der Waals surface area contributed by atoms with Crippen molar-refractivity contribution >= 4 is 15.9 Å². The predicted molar refractivity (Wildman–Crippen MR) is 77.3 cm³/mol. The Morgan fingerprint density at radius 1 is 1.00 bits per heavy atom. The predicted octanol–water partition coefficient (Wildman–Crippen LogP) is 2.99. The van der Waals surface area contributed by atoms with Gasteiger partial charge >= 0.3 is 5.69 Å². The highest BCUT2D eigenvalue weighted by molar-refractivity contribution is 9.10. The van der Waals surface area contributed by atoms with E-state index in [0.717, 1.165) is 15.7 Å². The van der Waals surface area contributed by atoms with Crippen molar-refractivity contribution in [2.75, 3.05) is 0 Å². The Morgan fingerprint density at radius 2 is 1.68 bits per heavy atom. The number of H-pyrrole nitrogens is 1. The van der Waals surface area contributed by atoms with Gasteiger partial charge < -0.3 is 0 Å². The second kappa shape index (κ2) is 4.85. The topological polar surface area (TPSA) is 50.7 Å². The zero-order chi connectivity index (χ0) is 13.2. The van der Waals surface area contributed by atoms with Crippen molar-refractivity contribution in [3.8, 4) is 17.1 Å². The number of para-hydroxylation sites is 1. The molecule has 0 spiro atoms. The van der Waals surface area contributed by atoms with Crippen LogP contribution in [0.5, 0.6) is 0 Å². The molecule has 3 aromatic rings. The lowest BCUT2D eigenvalue weighted by Crippen LogP contribution is -2.05. The van der Waals surface area contributed by atoms with Gasteiger partial charge in [0.15, 0.2) is 5.82 Å². The molecule has 0 saturated carbocycles. The van der Waals surface area contributed by atoms with Crippen molar-refractivity contribution in [3.63, 3.8) is 0 Å². The smallest absolute Gasteiger partial charge is 0.244 e. The van der Waals surface area contributed by atoms with Crippen molar-refractivity contribution < 1.29 is 0 Å². The summed E-state index contributed by atoms with van der Waals surface area (Å²) in [5.41, 5.74) is 1.36. The van der Waals surface area contributed by atoms with Gasteiger partial charge in [0.1, 0.15) is 0 Å². The Balaban J connectivity index is 2.24. The van der Waals surface area contributed by atoms with Crippen LogP contribution < -0.4 is 5.69 Å². The zero-order valence-corrected chi connectivity index (χ0v) is 11.5. The van der Waals surface area contributed by atoms with Crippen molar-refractivity contribution in [1.82, 2.24) is 14.8 Å². The summed E-state index contributed by atoms with van der Waals surface area (Å²) < 4.78 is 2.57. The Bertz CT molecular complexity index is 762. The molecule has 0 bridgehead atoms. The van der Waals surface area contributed by atoms with Gasteiger partial charge in [0.25, 0.3) is 0 Å². The normalized spacial score (nSPS) is 10.6. The highest BCUT2D eigenvalue weighted by Gasteiger charge is 2.12. The quantitative estimate of drug-likeness (QED) is 0.790. The molecule has 0 fully saturated rings. The van der Waals surface area contributed by atoms with Crippen molar-refractivity contribution in [1.29, 1.82) is 0 Å². The van der Waals surface area contributed by atoms with Crippen LogP contribution in [0, 0.1) is 0 Å². The minimum atomic E-state index is -0.366. The molecule has 4 nitrogen and oxygen atoms in total. The molecular formula is C14H10BrN3O. The van der Waals surface area contributed by atoms with E-state index in [4.69, 9.17) is 0 Å². The largest absolute Gasteiger partial charge is 0.362 e. The van der Waals surface area contributed by atoms with Crippen molar-refractivity contribution in [2.24, 2.45) is 0 Å². The van der Waals surface area contributed by atoms with E-state index in [0.29, 0.717) is 5.82 Å². The highest BCUT2D eigenvalue weighted by atomic mass is 79.9. The van der Waals surface area contributed by atoms with Gasteiger partial charge in [0.05, 0.1) is 5.69 Å². The van der Waals surface area contributed by atoms with Gasteiger partial charge in [-0.2, -0.15) is 4.98 Å². The van der Waals surface area contributed by atoms with E-state index in [1.165, 1.54) is 0 Å². The standard InChI is InChI=1S/C14H10BrN3O/c15-11-8-4-5-9-12(11)18-13(16-14(19)17-18)10-6-2-1-3-7-10/h1-9H,(H,17,19). The fourth-order valence-electron chi connectivity index (χ4n) is 1.91. The molecule has 0 radical (unpaired) electrons. The number of nitrogens with one attached hydrogen (secondary N) is 1. The van der Waals surface area contributed by atoms with Gasteiger partial charge in [-0.05, 0) is 28.1 Å². The van der Waals surface area contributed by atoms with E-state index < -0.39 is 0 Å². The van der Waals surface area contributed by atoms with Gasteiger partial charge in [0, 0.05) is 10.0 Å². The minimum Gasteiger partial charge on any atom is -0.244 e. The summed E-state index contributed by atoms with van der Waals surface area (Å²) >= 11 is 3.48. The second-order valence-electron chi connectivity index (χ2n) is 4.01. The van der Waals surface area contributed by atoms with Crippen LogP contribution >= 0.6 is 15.9 Å². The van der Waals surface area contributed by atoms with Crippen LogP contribution in [-0.2, 0) is 0 Å². The summed E-state index contributed by atoms with van der Waals surface area (Å²) in [6, 6.07) is 17.3. The van der Waals surface area contributed by atoms with E-state index in [1.54, 1.807) is 4.68 Å². The number of aromatic nitrogens is 3. The first-order chi connectivity index (χ1) is 9.25. The van der Waals surface area contributed by atoms with Gasteiger partial charge in [-0.1, -0.05) is 42.5 Å². The first kappa shape index (κ1) is 11.9. The van der Waals surface area contributed by atoms with Gasteiger partial charge in [-0.25, -0.2) is 14.6 Å². The molecule has 5 heteroatoms. The lowest BCUT2D eigenvalue weighted by atomic mass is 10.2. The number of benzene rings is 2. The van der Waals surface area contributed by atoms with Gasteiger partial charge in [-0.3, -0.25) is 0 Å². The summed E-state index contributed by atoms with van der Waals surface area (Å²) in [5, 5.41) is 2.72. The lowest BCUT2D eigenvalue weighted by molar-refractivity contribution is 0.867. The van der Waals surface area contributed by atoms with E-state index in [-0.39, 0.29) is 5.69 Å². The van der Waals surface area contributed by atoms with E-state index in [2.05, 4.69) is 26.0 Å². The molecular weight excluding hydrogens is 306 g/mol. The Hall–Kier alpha value is -2.14. The number of rotatable bonds is 2. The minimum absolute atomic E-state index is 0.366. The van der Waals surface area contributed by atoms with Crippen LogP contribution in [0.1, 0.15) is 0 Å². The third-order valence-electron chi connectivity index (χ3n) is 2.75. The first-order valence-corrected chi connectivity index (χ1v) is 6.54. The third-order valence-corrected chi connectivity index (χ3v) is 3.42. The molecule has 0 aliphatic carbocycles. The molecule has 0 aliphatic heterocycles. The van der Waals surface area contributed by atoms with Crippen LogP contribution in [0.15, 0.2) is 63.9 Å². The summed E-state index contributed by atoms with van der Waals surface area (Å²) in [7, 11) is 0. The number of hydrogen-bond donors (Lipinski definition) is 1. The monoisotopic (exact) mass is 315 g/mol. The maximum Gasteiger partial charge on any atom is 0.362 e. The first-order valence-electron chi connectivity index (χ1n) is 5.75. The molecule has 0 saturated heterocycles. The van der Waals surface area contributed by atoms with Crippen LogP contribution in [-0.4, -0.2) is 14.8 Å². The number of nitrogens with zero attached hydrogens (tertiary/aromatic N) is 2. The van der Waals surface area contributed by atoms with Crippen molar-refractivity contribution in [3.05, 3.63) is 69.6 Å². The Morgan fingerprint density at radius 3 is 2.42 bits per heavy atom. The third kappa shape index (κ3) is 2.24. The molecule has 0 amide bonds. The molecule has 0 atom stereocenters. The molecule has 0 aliphatic rings. The average Bonchev–Trinajstić information content (AvgIpc) is 2.82. The average molecular weight is 316 g/mol. The van der Waals surface area contributed by atoms with E-state index >= 15 is 0 Å². The summed E-state index contributed by atoms with van der Waals surface area (Å²) in [4.78, 5) is 15.6. The van der Waals surface area contributed by atoms with E-state index in [1.807, 2.05) is 54.6 Å². The molecule has 1 heterocycles. The number of hydrogen-bond acceptors (Lipinski definition) is 2. The SMILES string of the molecule is O=c1nc(-c2ccccc2)n(-c2ccccc2Br)[nH]1. The molecule has 2 aromatic carbocycles. The summed E-state index contributed by atoms with van der Waals surface area (Å²) in [6.07, 6.45) is 0. The molecule has 19 heavy (non-hydrogen) atoms. The molecule has 1 N–H and O–H groups in total. The Labute approximate surface area is 117 Å². The summed E-state index contributed by atoms with van der Waals surface area (Å²) in [5.74, 6) is 0.595. The molecule has 0 unspecified atom stereocenters. The maximum absolute atomic E-state index is 11.6. The molecule has 3 rings (SSSR count).